The van der Waals surface area contributed by atoms with Gasteiger partial charge in [-0.1, -0.05) is 0 Å². The minimum absolute atomic E-state index is 0.0281. The Morgan fingerprint density at radius 3 is 2.33 bits per heavy atom. The number of primary sulfonamides is 1. The zero-order valence-corrected chi connectivity index (χ0v) is 8.84. The van der Waals surface area contributed by atoms with Crippen LogP contribution >= 0.6 is 0 Å². The number of alkyl halides is 1. The van der Waals surface area contributed by atoms with Gasteiger partial charge in [0.2, 0.25) is 10.0 Å². The summed E-state index contributed by atoms with van der Waals surface area (Å²) in [4.78, 5) is 0.0281. The fourth-order valence-electron chi connectivity index (χ4n) is 0.970. The molecule has 0 aromatic heterocycles. The van der Waals surface area contributed by atoms with Crippen LogP contribution in [0.25, 0.3) is 0 Å². The number of rotatable bonds is 5. The van der Waals surface area contributed by atoms with Gasteiger partial charge < -0.3 is 4.74 Å². The van der Waals surface area contributed by atoms with Crippen LogP contribution in [0, 0.1) is 0 Å². The summed E-state index contributed by atoms with van der Waals surface area (Å²) in [6, 6.07) is 5.66. The number of benzene rings is 1. The molecular formula is C9H12FNO3S. The summed E-state index contributed by atoms with van der Waals surface area (Å²) < 4.78 is 38.7. The van der Waals surface area contributed by atoms with Crippen molar-refractivity contribution in [2.24, 2.45) is 5.14 Å². The van der Waals surface area contributed by atoms with Gasteiger partial charge >= 0.3 is 0 Å². The van der Waals surface area contributed by atoms with Crippen LogP contribution in [0.2, 0.25) is 0 Å². The van der Waals surface area contributed by atoms with Crippen molar-refractivity contribution in [1.82, 2.24) is 0 Å². The van der Waals surface area contributed by atoms with Crippen molar-refractivity contribution < 1.29 is 17.5 Å². The van der Waals surface area contributed by atoms with Gasteiger partial charge in [-0.05, 0) is 24.3 Å². The van der Waals surface area contributed by atoms with E-state index in [0.29, 0.717) is 12.2 Å². The third kappa shape index (κ3) is 3.85. The van der Waals surface area contributed by atoms with Crippen molar-refractivity contribution in [3.05, 3.63) is 24.3 Å². The van der Waals surface area contributed by atoms with E-state index in [2.05, 4.69) is 0 Å². The summed E-state index contributed by atoms with van der Waals surface area (Å²) >= 11 is 0. The lowest BCUT2D eigenvalue weighted by molar-refractivity contribution is 0.289. The summed E-state index contributed by atoms with van der Waals surface area (Å²) in [6.07, 6.45) is 0.316. The Morgan fingerprint density at radius 2 is 1.87 bits per heavy atom. The monoisotopic (exact) mass is 233 g/mol. The quantitative estimate of drug-likeness (QED) is 0.773. The SMILES string of the molecule is NS(=O)(=O)c1ccc(OCCCF)cc1. The van der Waals surface area contributed by atoms with Crippen LogP contribution in [0.3, 0.4) is 0 Å². The summed E-state index contributed by atoms with van der Waals surface area (Å²) in [5, 5.41) is 4.91. The molecule has 0 fully saturated rings. The number of sulfonamides is 1. The Bertz CT molecular complexity index is 402. The van der Waals surface area contributed by atoms with Gasteiger partial charge in [0.1, 0.15) is 5.75 Å². The van der Waals surface area contributed by atoms with Gasteiger partial charge in [0.15, 0.2) is 0 Å². The maximum atomic E-state index is 11.7. The minimum atomic E-state index is -3.66. The zero-order valence-electron chi connectivity index (χ0n) is 8.02. The molecule has 0 saturated carbocycles. The first-order chi connectivity index (χ1) is 7.04. The molecule has 0 aliphatic carbocycles. The molecule has 0 aliphatic rings. The highest BCUT2D eigenvalue weighted by Crippen LogP contribution is 2.14. The van der Waals surface area contributed by atoms with Crippen LogP contribution in [0.5, 0.6) is 5.75 Å². The zero-order chi connectivity index (χ0) is 11.3. The van der Waals surface area contributed by atoms with Crippen LogP contribution in [0.15, 0.2) is 29.2 Å². The Kier molecular flexibility index (Phi) is 4.05. The van der Waals surface area contributed by atoms with Crippen LogP contribution in [0.1, 0.15) is 6.42 Å². The third-order valence-electron chi connectivity index (χ3n) is 1.70. The molecule has 1 aromatic rings. The first-order valence-electron chi connectivity index (χ1n) is 4.35. The number of halogens is 1. The van der Waals surface area contributed by atoms with Crippen molar-refractivity contribution in [2.75, 3.05) is 13.3 Å². The van der Waals surface area contributed by atoms with E-state index in [0.717, 1.165) is 0 Å². The molecule has 15 heavy (non-hydrogen) atoms. The van der Waals surface area contributed by atoms with E-state index in [1.165, 1.54) is 24.3 Å². The van der Waals surface area contributed by atoms with Crippen molar-refractivity contribution in [3.63, 3.8) is 0 Å². The molecule has 4 nitrogen and oxygen atoms in total. The average Bonchev–Trinajstić information content (AvgIpc) is 2.18. The predicted molar refractivity (Wildman–Crippen MR) is 53.9 cm³/mol. The number of hydrogen-bond donors (Lipinski definition) is 1. The highest BCUT2D eigenvalue weighted by Gasteiger charge is 2.06. The normalized spacial score (nSPS) is 11.3. The molecule has 0 saturated heterocycles. The molecule has 0 atom stereocenters. The molecule has 0 bridgehead atoms. The molecule has 0 unspecified atom stereocenters. The van der Waals surface area contributed by atoms with Gasteiger partial charge in [-0.2, -0.15) is 0 Å². The van der Waals surface area contributed by atoms with Gasteiger partial charge in [0.05, 0.1) is 18.2 Å². The number of ether oxygens (including phenoxy) is 1. The van der Waals surface area contributed by atoms with Crippen molar-refractivity contribution in [1.29, 1.82) is 0 Å². The number of hydrogen-bond acceptors (Lipinski definition) is 3. The molecule has 0 heterocycles. The summed E-state index contributed by atoms with van der Waals surface area (Å²) in [6.45, 7) is -0.166. The molecule has 2 N–H and O–H groups in total. The second kappa shape index (κ2) is 5.09. The van der Waals surface area contributed by atoms with E-state index in [1.54, 1.807) is 0 Å². The molecular weight excluding hydrogens is 221 g/mol. The third-order valence-corrected chi connectivity index (χ3v) is 2.63. The first-order valence-corrected chi connectivity index (χ1v) is 5.90. The fourth-order valence-corrected chi connectivity index (χ4v) is 1.49. The summed E-state index contributed by atoms with van der Waals surface area (Å²) in [7, 11) is -3.66. The van der Waals surface area contributed by atoms with E-state index in [4.69, 9.17) is 9.88 Å². The Hall–Kier alpha value is -1.14. The van der Waals surface area contributed by atoms with Gasteiger partial charge in [-0.15, -0.1) is 0 Å². The largest absolute Gasteiger partial charge is 0.493 e. The predicted octanol–water partition coefficient (Wildman–Crippen LogP) is 1.07. The number of nitrogens with two attached hydrogens (primary N) is 1. The second-order valence-electron chi connectivity index (χ2n) is 2.91. The Balaban J connectivity index is 2.65. The Morgan fingerprint density at radius 1 is 1.27 bits per heavy atom. The highest BCUT2D eigenvalue weighted by molar-refractivity contribution is 7.89. The molecule has 0 amide bonds. The molecule has 6 heteroatoms. The molecule has 0 radical (unpaired) electrons. The van der Waals surface area contributed by atoms with Crippen molar-refractivity contribution >= 4 is 10.0 Å². The average molecular weight is 233 g/mol. The van der Waals surface area contributed by atoms with E-state index in [9.17, 15) is 12.8 Å². The van der Waals surface area contributed by atoms with E-state index < -0.39 is 16.7 Å². The fraction of sp³-hybridized carbons (Fsp3) is 0.333. The smallest absolute Gasteiger partial charge is 0.238 e. The maximum absolute atomic E-state index is 11.7. The summed E-state index contributed by atoms with van der Waals surface area (Å²) in [5.41, 5.74) is 0. The van der Waals surface area contributed by atoms with Crippen LogP contribution in [-0.4, -0.2) is 21.7 Å². The standard InChI is InChI=1S/C9H12FNO3S/c10-6-1-7-14-8-2-4-9(5-3-8)15(11,12)13/h2-5H,1,6-7H2,(H2,11,12,13). The molecule has 1 aromatic carbocycles. The van der Waals surface area contributed by atoms with Gasteiger partial charge in [0.25, 0.3) is 0 Å². The lowest BCUT2D eigenvalue weighted by atomic mass is 10.3. The summed E-state index contributed by atoms with van der Waals surface area (Å²) in [5.74, 6) is 0.496. The van der Waals surface area contributed by atoms with Crippen molar-refractivity contribution in [3.8, 4) is 5.75 Å². The van der Waals surface area contributed by atoms with Crippen molar-refractivity contribution in [2.45, 2.75) is 11.3 Å². The maximum Gasteiger partial charge on any atom is 0.238 e. The molecule has 0 spiro atoms. The van der Waals surface area contributed by atoms with Gasteiger partial charge in [0, 0.05) is 6.42 Å². The lowest BCUT2D eigenvalue weighted by Crippen LogP contribution is -2.11. The van der Waals surface area contributed by atoms with Gasteiger partial charge in [-0.25, -0.2) is 13.6 Å². The minimum Gasteiger partial charge on any atom is -0.493 e. The van der Waals surface area contributed by atoms with E-state index >= 15 is 0 Å². The van der Waals surface area contributed by atoms with E-state index in [1.807, 2.05) is 0 Å². The molecule has 1 rings (SSSR count). The van der Waals surface area contributed by atoms with Crippen LogP contribution in [0.4, 0.5) is 4.39 Å². The molecule has 84 valence electrons. The highest BCUT2D eigenvalue weighted by atomic mass is 32.2. The molecule has 0 aliphatic heterocycles. The lowest BCUT2D eigenvalue weighted by Gasteiger charge is -2.04. The van der Waals surface area contributed by atoms with Crippen LogP contribution < -0.4 is 9.88 Å². The topological polar surface area (TPSA) is 69.4 Å². The first kappa shape index (κ1) is 11.9. The van der Waals surface area contributed by atoms with Gasteiger partial charge in [-0.3, -0.25) is 4.39 Å². The second-order valence-corrected chi connectivity index (χ2v) is 4.47. The van der Waals surface area contributed by atoms with E-state index in [-0.39, 0.29) is 11.5 Å². The Labute approximate surface area is 87.9 Å². The van der Waals surface area contributed by atoms with Crippen LogP contribution in [-0.2, 0) is 10.0 Å².